The second-order valence-electron chi connectivity index (χ2n) is 5.40. The molecule has 0 aliphatic heterocycles. The number of aliphatic imine (C=N–C) groups is 1. The highest BCUT2D eigenvalue weighted by atomic mass is 16.5. The third kappa shape index (κ3) is 4.37. The standard InChI is InChI=1S/C20H19N3O3/c1-25-16-11-9-15(10-12-16)14-22-19(23-24)18-8-5-13-21-20(18)26-17-6-3-2-4-7-17/h2-13,24H,14H2,1H3,(H,22,23). The Kier molecular flexibility index (Phi) is 5.80. The highest BCUT2D eigenvalue weighted by molar-refractivity contribution is 6.00. The molecule has 132 valence electrons. The van der Waals surface area contributed by atoms with Crippen LogP contribution in [0.4, 0.5) is 0 Å². The number of methoxy groups -OCH3 is 1. The molecule has 0 fully saturated rings. The number of para-hydroxylation sites is 1. The predicted octanol–water partition coefficient (Wildman–Crippen LogP) is 3.81. The zero-order valence-corrected chi connectivity index (χ0v) is 14.3. The van der Waals surface area contributed by atoms with Crippen molar-refractivity contribution in [2.24, 2.45) is 4.99 Å². The fourth-order valence-corrected chi connectivity index (χ4v) is 2.33. The van der Waals surface area contributed by atoms with Crippen LogP contribution >= 0.6 is 0 Å². The van der Waals surface area contributed by atoms with Crippen molar-refractivity contribution in [1.82, 2.24) is 10.5 Å². The third-order valence-corrected chi connectivity index (χ3v) is 3.67. The summed E-state index contributed by atoms with van der Waals surface area (Å²) in [6.07, 6.45) is 1.63. The highest BCUT2D eigenvalue weighted by Crippen LogP contribution is 2.23. The number of ether oxygens (including phenoxy) is 2. The molecule has 0 spiro atoms. The molecule has 1 heterocycles. The first-order chi connectivity index (χ1) is 12.8. The summed E-state index contributed by atoms with van der Waals surface area (Å²) in [5.74, 6) is 2.07. The maximum absolute atomic E-state index is 9.55. The fraction of sp³-hybridized carbons (Fsp3) is 0.100. The number of hydrogen-bond donors (Lipinski definition) is 2. The van der Waals surface area contributed by atoms with Gasteiger partial charge in [0.15, 0.2) is 5.84 Å². The Labute approximate surface area is 151 Å². The molecule has 0 amide bonds. The summed E-state index contributed by atoms with van der Waals surface area (Å²) in [4.78, 5) is 8.69. The van der Waals surface area contributed by atoms with E-state index in [9.17, 15) is 5.21 Å². The summed E-state index contributed by atoms with van der Waals surface area (Å²) >= 11 is 0. The summed E-state index contributed by atoms with van der Waals surface area (Å²) in [5, 5.41) is 9.55. The summed E-state index contributed by atoms with van der Waals surface area (Å²) in [5.41, 5.74) is 3.68. The van der Waals surface area contributed by atoms with Crippen molar-refractivity contribution in [3.05, 3.63) is 84.1 Å². The Balaban J connectivity index is 1.82. The number of benzene rings is 2. The van der Waals surface area contributed by atoms with Crippen molar-refractivity contribution in [3.63, 3.8) is 0 Å². The first-order valence-corrected chi connectivity index (χ1v) is 8.06. The van der Waals surface area contributed by atoms with Crippen molar-refractivity contribution < 1.29 is 14.7 Å². The minimum atomic E-state index is 0.278. The number of nitrogens with one attached hydrogen (secondary N) is 1. The molecular formula is C20H19N3O3. The number of pyridine rings is 1. The molecule has 0 saturated carbocycles. The Morgan fingerprint density at radius 3 is 2.46 bits per heavy atom. The first-order valence-electron chi connectivity index (χ1n) is 8.06. The van der Waals surface area contributed by atoms with Gasteiger partial charge in [0.05, 0.1) is 19.2 Å². The molecule has 1 aromatic heterocycles. The van der Waals surface area contributed by atoms with Gasteiger partial charge in [-0.05, 0) is 42.0 Å². The van der Waals surface area contributed by atoms with Crippen LogP contribution in [0.3, 0.4) is 0 Å². The molecule has 2 N–H and O–H groups in total. The largest absolute Gasteiger partial charge is 0.497 e. The number of nitrogens with zero attached hydrogens (tertiary/aromatic N) is 2. The lowest BCUT2D eigenvalue weighted by Crippen LogP contribution is -2.21. The Morgan fingerprint density at radius 2 is 1.77 bits per heavy atom. The molecule has 0 unspecified atom stereocenters. The minimum absolute atomic E-state index is 0.278. The van der Waals surface area contributed by atoms with Crippen LogP contribution in [0.2, 0.25) is 0 Å². The average molecular weight is 349 g/mol. The van der Waals surface area contributed by atoms with E-state index in [-0.39, 0.29) is 5.84 Å². The molecule has 26 heavy (non-hydrogen) atoms. The lowest BCUT2D eigenvalue weighted by molar-refractivity contribution is 0.234. The van der Waals surface area contributed by atoms with Gasteiger partial charge in [-0.15, -0.1) is 0 Å². The molecule has 0 bridgehead atoms. The third-order valence-electron chi connectivity index (χ3n) is 3.67. The van der Waals surface area contributed by atoms with Gasteiger partial charge in [-0.25, -0.2) is 4.98 Å². The van der Waals surface area contributed by atoms with Crippen molar-refractivity contribution in [2.75, 3.05) is 7.11 Å². The summed E-state index contributed by atoms with van der Waals surface area (Å²) in [7, 11) is 1.62. The Bertz CT molecular complexity index is 865. The average Bonchev–Trinajstić information content (AvgIpc) is 2.71. The van der Waals surface area contributed by atoms with Crippen molar-refractivity contribution in [1.29, 1.82) is 0 Å². The first kappa shape index (κ1) is 17.4. The molecule has 0 aliphatic rings. The van der Waals surface area contributed by atoms with E-state index in [0.29, 0.717) is 23.7 Å². The number of hydrogen-bond acceptors (Lipinski definition) is 5. The topological polar surface area (TPSA) is 76.0 Å². The van der Waals surface area contributed by atoms with Crippen LogP contribution in [-0.4, -0.2) is 23.1 Å². The highest BCUT2D eigenvalue weighted by Gasteiger charge is 2.12. The Morgan fingerprint density at radius 1 is 1.00 bits per heavy atom. The van der Waals surface area contributed by atoms with Gasteiger partial charge in [-0.1, -0.05) is 30.3 Å². The quantitative estimate of drug-likeness (QED) is 0.402. The van der Waals surface area contributed by atoms with E-state index in [0.717, 1.165) is 11.3 Å². The molecule has 0 radical (unpaired) electrons. The molecule has 3 aromatic rings. The van der Waals surface area contributed by atoms with Crippen LogP contribution < -0.4 is 15.0 Å². The number of amidine groups is 1. The molecule has 0 aliphatic carbocycles. The van der Waals surface area contributed by atoms with Crippen LogP contribution in [0.25, 0.3) is 0 Å². The second-order valence-corrected chi connectivity index (χ2v) is 5.40. The second kappa shape index (κ2) is 8.64. The van der Waals surface area contributed by atoms with E-state index in [2.05, 4.69) is 15.5 Å². The summed E-state index contributed by atoms with van der Waals surface area (Å²) < 4.78 is 11.0. The zero-order valence-electron chi connectivity index (χ0n) is 14.3. The number of aromatic nitrogens is 1. The van der Waals surface area contributed by atoms with Crippen molar-refractivity contribution >= 4 is 5.84 Å². The van der Waals surface area contributed by atoms with E-state index in [1.807, 2.05) is 54.6 Å². The normalized spacial score (nSPS) is 11.1. The van der Waals surface area contributed by atoms with Gasteiger partial charge in [0.25, 0.3) is 0 Å². The molecule has 6 nitrogen and oxygen atoms in total. The smallest absolute Gasteiger partial charge is 0.230 e. The SMILES string of the molecule is COc1ccc(CN=C(NO)c2cccnc2Oc2ccccc2)cc1. The lowest BCUT2D eigenvalue weighted by atomic mass is 10.2. The van der Waals surface area contributed by atoms with Crippen LogP contribution in [0.15, 0.2) is 77.9 Å². The molecule has 3 rings (SSSR count). The van der Waals surface area contributed by atoms with E-state index >= 15 is 0 Å². The molecule has 2 aromatic carbocycles. The van der Waals surface area contributed by atoms with Crippen LogP contribution in [0.5, 0.6) is 17.4 Å². The van der Waals surface area contributed by atoms with Crippen molar-refractivity contribution in [2.45, 2.75) is 6.54 Å². The van der Waals surface area contributed by atoms with Gasteiger partial charge in [0.1, 0.15) is 11.5 Å². The predicted molar refractivity (Wildman–Crippen MR) is 98.9 cm³/mol. The zero-order chi connectivity index (χ0) is 18.2. The summed E-state index contributed by atoms with van der Waals surface area (Å²) in [6.45, 7) is 0.382. The number of hydroxylamine groups is 1. The van der Waals surface area contributed by atoms with Gasteiger partial charge in [0, 0.05) is 6.20 Å². The van der Waals surface area contributed by atoms with Gasteiger partial charge < -0.3 is 9.47 Å². The fourth-order valence-electron chi connectivity index (χ4n) is 2.33. The Hall–Kier alpha value is -3.38. The van der Waals surface area contributed by atoms with Crippen LogP contribution in [0, 0.1) is 0 Å². The maximum Gasteiger partial charge on any atom is 0.230 e. The monoisotopic (exact) mass is 349 g/mol. The van der Waals surface area contributed by atoms with Gasteiger partial charge >= 0.3 is 0 Å². The summed E-state index contributed by atoms with van der Waals surface area (Å²) in [6, 6.07) is 20.4. The lowest BCUT2D eigenvalue weighted by Gasteiger charge is -2.11. The van der Waals surface area contributed by atoms with Crippen molar-refractivity contribution in [3.8, 4) is 17.4 Å². The molecule has 0 saturated heterocycles. The van der Waals surface area contributed by atoms with E-state index in [1.165, 1.54) is 0 Å². The van der Waals surface area contributed by atoms with Gasteiger partial charge in [0.2, 0.25) is 5.88 Å². The molecule has 6 heteroatoms. The van der Waals surface area contributed by atoms with Crippen LogP contribution in [0.1, 0.15) is 11.1 Å². The molecular weight excluding hydrogens is 330 g/mol. The minimum Gasteiger partial charge on any atom is -0.497 e. The van der Waals surface area contributed by atoms with E-state index in [4.69, 9.17) is 9.47 Å². The molecule has 0 atom stereocenters. The van der Waals surface area contributed by atoms with Crippen LogP contribution in [-0.2, 0) is 6.54 Å². The van der Waals surface area contributed by atoms with E-state index in [1.54, 1.807) is 25.4 Å². The maximum atomic E-state index is 9.55. The van der Waals surface area contributed by atoms with Gasteiger partial charge in [-0.2, -0.15) is 0 Å². The van der Waals surface area contributed by atoms with Gasteiger partial charge in [-0.3, -0.25) is 15.7 Å². The number of rotatable bonds is 6. The van der Waals surface area contributed by atoms with E-state index < -0.39 is 0 Å².